The van der Waals surface area contributed by atoms with Gasteiger partial charge in [0.25, 0.3) is 7.82 Å². The van der Waals surface area contributed by atoms with Crippen LogP contribution < -0.4 is 10.2 Å². The van der Waals surface area contributed by atoms with Crippen LogP contribution >= 0.6 is 7.82 Å². The molecule has 3 atom stereocenters. The van der Waals surface area contributed by atoms with Gasteiger partial charge in [0.2, 0.25) is 5.91 Å². The molecule has 0 aliphatic rings. The van der Waals surface area contributed by atoms with Crippen LogP contribution in [0.1, 0.15) is 328 Å². The lowest BCUT2D eigenvalue weighted by Crippen LogP contribution is -2.45. The Morgan fingerprint density at radius 1 is 0.466 bits per heavy atom. The standard InChI is InChI=1S/C64H127N2O6P/c1-6-8-10-12-14-16-18-20-22-23-24-25-26-27-28-29-30-31-32-33-34-35-36-37-38-39-40-41-42-43-44-46-48-50-52-54-56-58-64(68)65-62(61-72-73(69,70)71-60-59-66(3,4)5)63(67)57-55-53-51-49-47-45-21-19-17-15-13-11-9-7-2/h23-24,55,57,62-63,67H,6-22,25-54,56,58-61H2,1-5H3,(H-,65,68,69,70)/b24-23-,57-55+. The van der Waals surface area contributed by atoms with E-state index in [1.165, 1.54) is 270 Å². The number of rotatable bonds is 60. The van der Waals surface area contributed by atoms with Crippen LogP contribution in [0.4, 0.5) is 0 Å². The third-order valence-electron chi connectivity index (χ3n) is 14.9. The van der Waals surface area contributed by atoms with Gasteiger partial charge in [-0.05, 0) is 44.9 Å². The molecule has 8 nitrogen and oxygen atoms in total. The summed E-state index contributed by atoms with van der Waals surface area (Å²) in [4.78, 5) is 25.5. The van der Waals surface area contributed by atoms with Gasteiger partial charge in [-0.3, -0.25) is 9.36 Å². The number of aliphatic hydroxyl groups is 1. The minimum Gasteiger partial charge on any atom is -0.756 e. The molecule has 0 heterocycles. The predicted molar refractivity (Wildman–Crippen MR) is 316 cm³/mol. The molecule has 0 bridgehead atoms. The van der Waals surface area contributed by atoms with E-state index in [1.807, 2.05) is 27.2 Å². The summed E-state index contributed by atoms with van der Waals surface area (Å²) in [5.41, 5.74) is 0. The van der Waals surface area contributed by atoms with Gasteiger partial charge in [0, 0.05) is 6.42 Å². The van der Waals surface area contributed by atoms with Gasteiger partial charge in [0.05, 0.1) is 39.9 Å². The van der Waals surface area contributed by atoms with Crippen LogP contribution in [0, 0.1) is 0 Å². The number of hydrogen-bond acceptors (Lipinski definition) is 6. The molecule has 0 rings (SSSR count). The fraction of sp³-hybridized carbons (Fsp3) is 0.922. The summed E-state index contributed by atoms with van der Waals surface area (Å²) in [5, 5.41) is 13.9. The highest BCUT2D eigenvalue weighted by atomic mass is 31.2. The van der Waals surface area contributed by atoms with E-state index in [0.717, 1.165) is 38.5 Å². The van der Waals surface area contributed by atoms with Crippen LogP contribution in [-0.2, 0) is 18.4 Å². The van der Waals surface area contributed by atoms with Crippen LogP contribution in [0.3, 0.4) is 0 Å². The van der Waals surface area contributed by atoms with Crippen molar-refractivity contribution < 1.29 is 32.9 Å². The SMILES string of the molecule is CCCCCCCCCC/C=C\CCCCCCCCCCCCCCCCCCCCCCCCCCCC(=O)NC(COP(=O)([O-])OCC[N+](C)(C)C)C(O)/C=C/CCCCCCCCCCCCCC. The molecule has 0 saturated carbocycles. The van der Waals surface area contributed by atoms with E-state index in [4.69, 9.17) is 9.05 Å². The summed E-state index contributed by atoms with van der Waals surface area (Å²) >= 11 is 0. The fourth-order valence-corrected chi connectivity index (χ4v) is 10.6. The van der Waals surface area contributed by atoms with Gasteiger partial charge in [0.15, 0.2) is 0 Å². The molecule has 1 amide bonds. The van der Waals surface area contributed by atoms with E-state index in [0.29, 0.717) is 17.4 Å². The average molecular weight is 1050 g/mol. The Hall–Kier alpha value is -1.02. The van der Waals surface area contributed by atoms with Crippen molar-refractivity contribution in [2.75, 3.05) is 40.9 Å². The van der Waals surface area contributed by atoms with Crippen molar-refractivity contribution in [2.24, 2.45) is 0 Å². The Morgan fingerprint density at radius 2 is 0.753 bits per heavy atom. The minimum absolute atomic E-state index is 0.00181. The summed E-state index contributed by atoms with van der Waals surface area (Å²) in [7, 11) is 1.28. The second-order valence-electron chi connectivity index (χ2n) is 23.5. The Bertz CT molecular complexity index is 1240. The zero-order valence-electron chi connectivity index (χ0n) is 49.6. The lowest BCUT2D eigenvalue weighted by atomic mass is 10.0. The smallest absolute Gasteiger partial charge is 0.268 e. The maximum Gasteiger partial charge on any atom is 0.268 e. The third kappa shape index (κ3) is 58.5. The number of carbonyl (C=O) groups excluding carboxylic acids is 1. The molecule has 0 aliphatic heterocycles. The summed E-state index contributed by atoms with van der Waals surface area (Å²) in [6, 6.07) is -0.883. The lowest BCUT2D eigenvalue weighted by Gasteiger charge is -2.29. The number of unbranched alkanes of at least 4 members (excludes halogenated alkanes) is 45. The highest BCUT2D eigenvalue weighted by Crippen LogP contribution is 2.38. The van der Waals surface area contributed by atoms with Crippen molar-refractivity contribution in [3.05, 3.63) is 24.3 Å². The van der Waals surface area contributed by atoms with Crippen molar-refractivity contribution in [1.29, 1.82) is 0 Å². The van der Waals surface area contributed by atoms with Gasteiger partial charge >= 0.3 is 0 Å². The topological polar surface area (TPSA) is 108 Å². The largest absolute Gasteiger partial charge is 0.756 e. The molecular formula is C64H127N2O6P. The number of nitrogens with one attached hydrogen (secondary N) is 1. The number of allylic oxidation sites excluding steroid dienone is 3. The minimum atomic E-state index is -4.59. The number of carbonyl (C=O) groups is 1. The molecule has 2 N–H and O–H groups in total. The molecule has 0 saturated heterocycles. The van der Waals surface area contributed by atoms with Gasteiger partial charge in [-0.15, -0.1) is 0 Å². The molecule has 0 spiro atoms. The normalized spacial score (nSPS) is 13.9. The Labute approximate surface area is 455 Å². The van der Waals surface area contributed by atoms with Crippen molar-refractivity contribution in [2.45, 2.75) is 341 Å². The van der Waals surface area contributed by atoms with E-state index < -0.39 is 20.0 Å². The van der Waals surface area contributed by atoms with Crippen molar-refractivity contribution in [3.8, 4) is 0 Å². The molecule has 0 aromatic heterocycles. The first kappa shape index (κ1) is 72.0. The number of aliphatic hydroxyl groups excluding tert-OH is 1. The number of phosphoric acid groups is 1. The van der Waals surface area contributed by atoms with Gasteiger partial charge in [-0.25, -0.2) is 0 Å². The molecule has 0 fully saturated rings. The molecule has 0 aromatic rings. The van der Waals surface area contributed by atoms with Gasteiger partial charge in [-0.2, -0.15) is 0 Å². The monoisotopic (exact) mass is 1050 g/mol. The van der Waals surface area contributed by atoms with Crippen LogP contribution in [0.5, 0.6) is 0 Å². The van der Waals surface area contributed by atoms with Crippen molar-refractivity contribution in [1.82, 2.24) is 5.32 Å². The van der Waals surface area contributed by atoms with Crippen LogP contribution in [0.2, 0.25) is 0 Å². The zero-order chi connectivity index (χ0) is 53.5. The molecule has 9 heteroatoms. The zero-order valence-corrected chi connectivity index (χ0v) is 50.5. The average Bonchev–Trinajstić information content (AvgIpc) is 3.35. The molecule has 0 aromatic carbocycles. The van der Waals surface area contributed by atoms with Crippen molar-refractivity contribution >= 4 is 13.7 Å². The van der Waals surface area contributed by atoms with Crippen LogP contribution in [0.25, 0.3) is 0 Å². The lowest BCUT2D eigenvalue weighted by molar-refractivity contribution is -0.870. The van der Waals surface area contributed by atoms with E-state index in [9.17, 15) is 19.4 Å². The molecule has 73 heavy (non-hydrogen) atoms. The number of hydrogen-bond donors (Lipinski definition) is 2. The maximum atomic E-state index is 13.0. The second-order valence-corrected chi connectivity index (χ2v) is 24.9. The molecular weight excluding hydrogens is 924 g/mol. The third-order valence-corrected chi connectivity index (χ3v) is 15.9. The molecule has 0 aliphatic carbocycles. The highest BCUT2D eigenvalue weighted by molar-refractivity contribution is 7.45. The first-order valence-electron chi connectivity index (χ1n) is 32.2. The number of quaternary nitrogens is 1. The van der Waals surface area contributed by atoms with Crippen LogP contribution in [-0.4, -0.2) is 68.5 Å². The van der Waals surface area contributed by atoms with Gasteiger partial charge in [-0.1, -0.05) is 301 Å². The first-order chi connectivity index (χ1) is 35.5. The quantitative estimate of drug-likeness (QED) is 0.0272. The Kier molecular flexibility index (Phi) is 54.9. The van der Waals surface area contributed by atoms with E-state index in [2.05, 4.69) is 31.3 Å². The predicted octanol–water partition coefficient (Wildman–Crippen LogP) is 19.3. The Morgan fingerprint density at radius 3 is 1.07 bits per heavy atom. The summed E-state index contributed by atoms with van der Waals surface area (Å²) in [6.07, 6.45) is 71.5. The van der Waals surface area contributed by atoms with E-state index in [-0.39, 0.29) is 19.1 Å². The number of amides is 1. The van der Waals surface area contributed by atoms with E-state index >= 15 is 0 Å². The first-order valence-corrected chi connectivity index (χ1v) is 33.7. The van der Waals surface area contributed by atoms with Crippen molar-refractivity contribution in [3.63, 3.8) is 0 Å². The number of likely N-dealkylation sites (N-methyl/N-ethyl adjacent to an activating group) is 1. The summed E-state index contributed by atoms with van der Waals surface area (Å²) in [5.74, 6) is -0.191. The Balaban J connectivity index is 3.89. The van der Waals surface area contributed by atoms with Gasteiger partial charge in [0.1, 0.15) is 13.2 Å². The number of phosphoric ester groups is 1. The highest BCUT2D eigenvalue weighted by Gasteiger charge is 2.23. The van der Waals surface area contributed by atoms with Crippen LogP contribution in [0.15, 0.2) is 24.3 Å². The maximum absolute atomic E-state index is 13.0. The van der Waals surface area contributed by atoms with E-state index in [1.54, 1.807) is 6.08 Å². The number of nitrogens with zero attached hydrogens (tertiary/aromatic N) is 1. The molecule has 3 unspecified atom stereocenters. The summed E-state index contributed by atoms with van der Waals surface area (Å²) in [6.45, 7) is 4.68. The van der Waals surface area contributed by atoms with Gasteiger partial charge < -0.3 is 28.8 Å². The second kappa shape index (κ2) is 55.7. The molecule has 434 valence electrons. The molecule has 0 radical (unpaired) electrons. The summed E-state index contributed by atoms with van der Waals surface area (Å²) < 4.78 is 23.3. The fourth-order valence-electron chi connectivity index (χ4n) is 9.86.